The van der Waals surface area contributed by atoms with Gasteiger partial charge in [0, 0.05) is 32.7 Å². The Bertz CT molecular complexity index is 776. The number of nitrogens with one attached hydrogen (secondary N) is 2. The van der Waals surface area contributed by atoms with E-state index in [-0.39, 0.29) is 23.2 Å². The van der Waals surface area contributed by atoms with Gasteiger partial charge in [0.15, 0.2) is 0 Å². The van der Waals surface area contributed by atoms with E-state index in [1.807, 2.05) is 30.3 Å². The average molecular weight is 382 g/mol. The maximum Gasteiger partial charge on any atom is 0.269 e. The van der Waals surface area contributed by atoms with Crippen molar-refractivity contribution in [1.82, 2.24) is 20.5 Å². The van der Waals surface area contributed by atoms with Crippen LogP contribution in [0.5, 0.6) is 0 Å². The normalized spacial score (nSPS) is 14.4. The molecular formula is C21H26N4O3. The predicted molar refractivity (Wildman–Crippen MR) is 106 cm³/mol. The molecule has 0 spiro atoms. The molecule has 28 heavy (non-hydrogen) atoms. The summed E-state index contributed by atoms with van der Waals surface area (Å²) in [4.78, 5) is 31.1. The van der Waals surface area contributed by atoms with Crippen molar-refractivity contribution in [3.8, 4) is 0 Å². The smallest absolute Gasteiger partial charge is 0.269 e. The molecule has 1 aromatic heterocycles. The van der Waals surface area contributed by atoms with Crippen LogP contribution in [0.15, 0.2) is 48.5 Å². The Morgan fingerprint density at radius 2 is 1.54 bits per heavy atom. The summed E-state index contributed by atoms with van der Waals surface area (Å²) in [7, 11) is 0. The summed E-state index contributed by atoms with van der Waals surface area (Å²) in [5.74, 6) is -0.550. The Hall–Kier alpha value is -2.77. The Morgan fingerprint density at radius 3 is 2.21 bits per heavy atom. The second-order valence-corrected chi connectivity index (χ2v) is 6.61. The van der Waals surface area contributed by atoms with Gasteiger partial charge in [-0.2, -0.15) is 0 Å². The lowest BCUT2D eigenvalue weighted by Gasteiger charge is -2.26. The highest BCUT2D eigenvalue weighted by molar-refractivity contribution is 5.96. The largest absolute Gasteiger partial charge is 0.379 e. The molecule has 1 fully saturated rings. The van der Waals surface area contributed by atoms with Gasteiger partial charge in [-0.1, -0.05) is 36.4 Å². The average Bonchev–Trinajstić information content (AvgIpc) is 2.75. The highest BCUT2D eigenvalue weighted by atomic mass is 16.5. The Balaban J connectivity index is 1.45. The molecule has 1 aromatic carbocycles. The minimum Gasteiger partial charge on any atom is -0.379 e. The summed E-state index contributed by atoms with van der Waals surface area (Å²) in [5, 5.41) is 5.71. The van der Waals surface area contributed by atoms with Crippen LogP contribution >= 0.6 is 0 Å². The van der Waals surface area contributed by atoms with Crippen LogP contribution in [0.1, 0.15) is 26.5 Å². The first kappa shape index (κ1) is 20.0. The number of ether oxygens (including phenoxy) is 1. The van der Waals surface area contributed by atoms with Crippen molar-refractivity contribution >= 4 is 11.8 Å². The molecule has 0 saturated carbocycles. The molecule has 2 N–H and O–H groups in total. The van der Waals surface area contributed by atoms with Crippen LogP contribution in [0, 0.1) is 0 Å². The molecule has 2 heterocycles. The molecule has 1 aliphatic heterocycles. The number of nitrogens with zero attached hydrogens (tertiary/aromatic N) is 2. The van der Waals surface area contributed by atoms with Gasteiger partial charge in [0.05, 0.1) is 13.2 Å². The Labute approximate surface area is 165 Å². The minimum absolute atomic E-state index is 0.244. The summed E-state index contributed by atoms with van der Waals surface area (Å²) < 4.78 is 5.31. The zero-order chi connectivity index (χ0) is 19.6. The lowest BCUT2D eigenvalue weighted by molar-refractivity contribution is 0.0383. The summed E-state index contributed by atoms with van der Waals surface area (Å²) in [6.45, 7) is 5.05. The van der Waals surface area contributed by atoms with Crippen LogP contribution in [-0.4, -0.2) is 67.6 Å². The van der Waals surface area contributed by atoms with Crippen molar-refractivity contribution in [2.75, 3.05) is 45.9 Å². The molecule has 1 saturated heterocycles. The molecule has 0 bridgehead atoms. The number of pyridine rings is 1. The van der Waals surface area contributed by atoms with Gasteiger partial charge in [-0.25, -0.2) is 4.98 Å². The molecule has 7 heteroatoms. The van der Waals surface area contributed by atoms with Crippen LogP contribution in [0.2, 0.25) is 0 Å². The van der Waals surface area contributed by atoms with Crippen LogP contribution in [0.25, 0.3) is 0 Å². The number of aromatic nitrogens is 1. The fourth-order valence-electron chi connectivity index (χ4n) is 2.99. The van der Waals surface area contributed by atoms with Gasteiger partial charge in [0.2, 0.25) is 0 Å². The van der Waals surface area contributed by atoms with Gasteiger partial charge in [0.25, 0.3) is 11.8 Å². The Kier molecular flexibility index (Phi) is 7.52. The molecule has 1 aliphatic rings. The van der Waals surface area contributed by atoms with E-state index in [2.05, 4.69) is 20.5 Å². The van der Waals surface area contributed by atoms with Crippen molar-refractivity contribution in [3.63, 3.8) is 0 Å². The van der Waals surface area contributed by atoms with Gasteiger partial charge in [-0.05, 0) is 24.1 Å². The van der Waals surface area contributed by atoms with E-state index >= 15 is 0 Å². The van der Waals surface area contributed by atoms with Crippen molar-refractivity contribution in [2.45, 2.75) is 6.42 Å². The molecule has 148 valence electrons. The number of rotatable bonds is 8. The number of benzene rings is 1. The molecule has 0 atom stereocenters. The first-order chi connectivity index (χ1) is 13.7. The van der Waals surface area contributed by atoms with E-state index in [0.717, 1.165) is 44.8 Å². The van der Waals surface area contributed by atoms with Crippen molar-refractivity contribution in [3.05, 3.63) is 65.5 Å². The topological polar surface area (TPSA) is 83.6 Å². The van der Waals surface area contributed by atoms with E-state index in [9.17, 15) is 9.59 Å². The first-order valence-electron chi connectivity index (χ1n) is 9.60. The maximum atomic E-state index is 12.3. The third-order valence-corrected chi connectivity index (χ3v) is 4.57. The molecule has 0 radical (unpaired) electrons. The van der Waals surface area contributed by atoms with E-state index in [4.69, 9.17) is 4.74 Å². The lowest BCUT2D eigenvalue weighted by atomic mass is 10.1. The molecule has 2 amide bonds. The monoisotopic (exact) mass is 382 g/mol. The van der Waals surface area contributed by atoms with E-state index in [1.54, 1.807) is 18.2 Å². The summed E-state index contributed by atoms with van der Waals surface area (Å²) in [5.41, 5.74) is 1.65. The number of carbonyl (C=O) groups excluding carboxylic acids is 2. The third-order valence-electron chi connectivity index (χ3n) is 4.57. The lowest BCUT2D eigenvalue weighted by Crippen LogP contribution is -2.41. The molecule has 7 nitrogen and oxygen atoms in total. The molecule has 3 rings (SSSR count). The van der Waals surface area contributed by atoms with Crippen LogP contribution in [0.4, 0.5) is 0 Å². The SMILES string of the molecule is O=C(NCCc1ccccc1)c1cccc(C(=O)NCCN2CCOCC2)n1. The van der Waals surface area contributed by atoms with Gasteiger partial charge in [0.1, 0.15) is 11.4 Å². The molecular weight excluding hydrogens is 356 g/mol. The van der Waals surface area contributed by atoms with Gasteiger partial charge < -0.3 is 15.4 Å². The van der Waals surface area contributed by atoms with Crippen molar-refractivity contribution < 1.29 is 14.3 Å². The highest BCUT2D eigenvalue weighted by Gasteiger charge is 2.13. The number of hydrogen-bond donors (Lipinski definition) is 2. The maximum absolute atomic E-state index is 12.3. The summed E-state index contributed by atoms with van der Waals surface area (Å²) in [6, 6.07) is 14.9. The standard InChI is InChI=1S/C21H26N4O3/c26-20(22-10-9-17-5-2-1-3-6-17)18-7-4-8-19(24-18)21(27)23-11-12-25-13-15-28-16-14-25/h1-8H,9-16H2,(H,22,26)(H,23,27). The number of amides is 2. The van der Waals surface area contributed by atoms with Gasteiger partial charge in [-0.15, -0.1) is 0 Å². The van der Waals surface area contributed by atoms with Gasteiger partial charge >= 0.3 is 0 Å². The van der Waals surface area contributed by atoms with Crippen molar-refractivity contribution in [1.29, 1.82) is 0 Å². The second kappa shape index (κ2) is 10.5. The van der Waals surface area contributed by atoms with E-state index < -0.39 is 0 Å². The first-order valence-corrected chi connectivity index (χ1v) is 9.60. The molecule has 0 aliphatic carbocycles. The van der Waals surface area contributed by atoms with Crippen LogP contribution in [-0.2, 0) is 11.2 Å². The fourth-order valence-corrected chi connectivity index (χ4v) is 2.99. The number of hydrogen-bond acceptors (Lipinski definition) is 5. The number of carbonyl (C=O) groups is 2. The summed E-state index contributed by atoms with van der Waals surface area (Å²) in [6.07, 6.45) is 0.744. The third kappa shape index (κ3) is 6.14. The van der Waals surface area contributed by atoms with Crippen LogP contribution < -0.4 is 10.6 Å². The van der Waals surface area contributed by atoms with Crippen LogP contribution in [0.3, 0.4) is 0 Å². The zero-order valence-corrected chi connectivity index (χ0v) is 15.9. The zero-order valence-electron chi connectivity index (χ0n) is 15.9. The second-order valence-electron chi connectivity index (χ2n) is 6.61. The number of morpholine rings is 1. The molecule has 0 unspecified atom stereocenters. The molecule has 2 aromatic rings. The van der Waals surface area contributed by atoms with Gasteiger partial charge in [-0.3, -0.25) is 14.5 Å². The minimum atomic E-state index is -0.279. The van der Waals surface area contributed by atoms with Crippen molar-refractivity contribution in [2.24, 2.45) is 0 Å². The predicted octanol–water partition coefficient (Wildman–Crippen LogP) is 1.12. The van der Waals surface area contributed by atoms with E-state index in [0.29, 0.717) is 13.1 Å². The Morgan fingerprint density at radius 1 is 0.893 bits per heavy atom. The highest BCUT2D eigenvalue weighted by Crippen LogP contribution is 2.02. The quantitative estimate of drug-likeness (QED) is 0.715. The van der Waals surface area contributed by atoms with E-state index in [1.165, 1.54) is 0 Å². The fraction of sp³-hybridized carbons (Fsp3) is 0.381. The summed E-state index contributed by atoms with van der Waals surface area (Å²) >= 11 is 0.